The predicted molar refractivity (Wildman–Crippen MR) is 118 cm³/mol. The number of carboxylic acids is 1. The van der Waals surface area contributed by atoms with Crippen LogP contribution in [0.2, 0.25) is 0 Å². The Morgan fingerprint density at radius 3 is 2.34 bits per heavy atom. The first kappa shape index (κ1) is 21.8. The van der Waals surface area contributed by atoms with E-state index in [-0.39, 0.29) is 16.2 Å². The maximum atomic E-state index is 10.9. The van der Waals surface area contributed by atoms with Gasteiger partial charge in [-0.2, -0.15) is 0 Å². The zero-order chi connectivity index (χ0) is 21.6. The lowest BCUT2D eigenvalue weighted by Crippen LogP contribution is -2.34. The number of fused-ring (bicyclic) bond motifs is 1. The molecule has 2 aliphatic rings. The number of methoxy groups -OCH3 is 1. The van der Waals surface area contributed by atoms with Crippen molar-refractivity contribution in [2.45, 2.75) is 70.6 Å². The third-order valence-corrected chi connectivity index (χ3v) is 7.53. The molecule has 0 aliphatic heterocycles. The summed E-state index contributed by atoms with van der Waals surface area (Å²) in [5.41, 5.74) is 5.53. The van der Waals surface area contributed by atoms with E-state index in [9.17, 15) is 4.79 Å². The number of hydrogen-bond donors (Lipinski definition) is 1. The molecule has 3 rings (SSSR count). The van der Waals surface area contributed by atoms with Crippen LogP contribution in [0.5, 0.6) is 0 Å². The first-order valence-corrected chi connectivity index (χ1v) is 10.7. The second kappa shape index (κ2) is 7.43. The molecule has 0 unspecified atom stereocenters. The molecule has 3 atom stereocenters. The predicted octanol–water partition coefficient (Wildman–Crippen LogP) is 5.77. The number of rotatable bonds is 6. The summed E-state index contributed by atoms with van der Waals surface area (Å²) >= 11 is 0. The van der Waals surface area contributed by atoms with Crippen molar-refractivity contribution in [2.24, 2.45) is 11.8 Å². The van der Waals surface area contributed by atoms with Crippen molar-refractivity contribution in [2.75, 3.05) is 13.7 Å². The van der Waals surface area contributed by atoms with Gasteiger partial charge in [-0.1, -0.05) is 65.0 Å². The molecule has 3 nitrogen and oxygen atoms in total. The Hall–Kier alpha value is -1.87. The molecule has 0 heterocycles. The third kappa shape index (κ3) is 3.94. The van der Waals surface area contributed by atoms with Gasteiger partial charge in [-0.05, 0) is 64.7 Å². The Kier molecular flexibility index (Phi) is 5.59. The van der Waals surface area contributed by atoms with Gasteiger partial charge in [-0.25, -0.2) is 4.79 Å². The number of allylic oxidation sites excluding steroid dienone is 3. The Balaban J connectivity index is 1.98. The van der Waals surface area contributed by atoms with Gasteiger partial charge in [0.2, 0.25) is 0 Å². The smallest absolute Gasteiger partial charge is 0.328 e. The van der Waals surface area contributed by atoms with E-state index in [0.29, 0.717) is 18.4 Å². The molecule has 0 saturated heterocycles. The fourth-order valence-electron chi connectivity index (χ4n) is 5.26. The van der Waals surface area contributed by atoms with Crippen LogP contribution in [-0.4, -0.2) is 24.8 Å². The first-order valence-electron chi connectivity index (χ1n) is 10.7. The Morgan fingerprint density at radius 1 is 1.14 bits per heavy atom. The van der Waals surface area contributed by atoms with Gasteiger partial charge in [0.1, 0.15) is 0 Å². The van der Waals surface area contributed by atoms with Gasteiger partial charge < -0.3 is 9.84 Å². The standard InChI is InChI=1S/C26H36O3/c1-17(14-23(27)28)8-10-20-22(16-29-7)26(20,6)18-9-11-19-21(15-18)25(4,5)13-12-24(19,2)3/h8-11,14-15,20,22H,12-13,16H2,1-7H3,(H,27,28)/b10-8+,17-14+/t20-,22-,26+/m0/s1. The van der Waals surface area contributed by atoms with Crippen LogP contribution in [-0.2, 0) is 25.8 Å². The monoisotopic (exact) mass is 396 g/mol. The Bertz CT molecular complexity index is 859. The van der Waals surface area contributed by atoms with Crippen molar-refractivity contribution in [3.8, 4) is 0 Å². The van der Waals surface area contributed by atoms with Crippen LogP contribution in [0, 0.1) is 11.8 Å². The molecule has 1 saturated carbocycles. The molecule has 1 fully saturated rings. The van der Waals surface area contributed by atoms with E-state index < -0.39 is 5.97 Å². The van der Waals surface area contributed by atoms with E-state index in [0.717, 1.165) is 5.57 Å². The largest absolute Gasteiger partial charge is 0.478 e. The summed E-state index contributed by atoms with van der Waals surface area (Å²) in [6.07, 6.45) is 7.80. The summed E-state index contributed by atoms with van der Waals surface area (Å²) in [7, 11) is 1.76. The van der Waals surface area contributed by atoms with Gasteiger partial charge in [0.25, 0.3) is 0 Å². The van der Waals surface area contributed by atoms with Crippen molar-refractivity contribution in [1.29, 1.82) is 0 Å². The minimum absolute atomic E-state index is 0.0166. The first-order chi connectivity index (χ1) is 13.4. The minimum Gasteiger partial charge on any atom is -0.478 e. The number of carboxylic acid groups (broad SMARTS) is 1. The number of benzene rings is 1. The molecule has 0 amide bonds. The summed E-state index contributed by atoms with van der Waals surface area (Å²) in [4.78, 5) is 10.9. The van der Waals surface area contributed by atoms with Crippen LogP contribution in [0.4, 0.5) is 0 Å². The highest BCUT2D eigenvalue weighted by Crippen LogP contribution is 2.61. The highest BCUT2D eigenvalue weighted by Gasteiger charge is 2.60. The molecule has 29 heavy (non-hydrogen) atoms. The quantitative estimate of drug-likeness (QED) is 0.490. The Labute approximate surface area is 175 Å². The lowest BCUT2D eigenvalue weighted by Gasteiger charge is -2.42. The summed E-state index contributed by atoms with van der Waals surface area (Å²) < 4.78 is 5.53. The molecule has 2 aliphatic carbocycles. The van der Waals surface area contributed by atoms with Gasteiger partial charge in [0, 0.05) is 18.6 Å². The SMILES string of the molecule is COC[C@H]1[C@H](/C=C/C(C)=C/C(=O)O)[C@@]1(C)c1ccc2c(c1)C(C)(C)CCC2(C)C. The van der Waals surface area contributed by atoms with Crippen molar-refractivity contribution in [3.63, 3.8) is 0 Å². The van der Waals surface area contributed by atoms with Gasteiger partial charge in [0.05, 0.1) is 6.61 Å². The molecule has 1 N–H and O–H groups in total. The maximum absolute atomic E-state index is 10.9. The fourth-order valence-corrected chi connectivity index (χ4v) is 5.26. The van der Waals surface area contributed by atoms with E-state index in [1.807, 2.05) is 13.0 Å². The van der Waals surface area contributed by atoms with Gasteiger partial charge >= 0.3 is 5.97 Å². The van der Waals surface area contributed by atoms with Crippen LogP contribution in [0.25, 0.3) is 0 Å². The van der Waals surface area contributed by atoms with E-state index in [1.54, 1.807) is 7.11 Å². The summed E-state index contributed by atoms with van der Waals surface area (Å²) in [5.74, 6) is -0.157. The maximum Gasteiger partial charge on any atom is 0.328 e. The third-order valence-electron chi connectivity index (χ3n) is 7.53. The van der Waals surface area contributed by atoms with E-state index in [1.165, 1.54) is 35.6 Å². The average Bonchev–Trinajstić information content (AvgIpc) is 3.21. The lowest BCUT2D eigenvalue weighted by molar-refractivity contribution is -0.131. The summed E-state index contributed by atoms with van der Waals surface area (Å²) in [5, 5.41) is 8.96. The van der Waals surface area contributed by atoms with Gasteiger partial charge in [0.15, 0.2) is 0 Å². The van der Waals surface area contributed by atoms with E-state index >= 15 is 0 Å². The molecule has 0 radical (unpaired) electrons. The zero-order valence-electron chi connectivity index (χ0n) is 19.0. The second-order valence-electron chi connectivity index (χ2n) is 10.5. The van der Waals surface area contributed by atoms with E-state index in [4.69, 9.17) is 9.84 Å². The molecular formula is C26H36O3. The van der Waals surface area contributed by atoms with E-state index in [2.05, 4.69) is 58.9 Å². The molecule has 1 aromatic carbocycles. The number of hydrogen-bond acceptors (Lipinski definition) is 2. The Morgan fingerprint density at radius 2 is 1.76 bits per heavy atom. The summed E-state index contributed by atoms with van der Waals surface area (Å²) in [6, 6.07) is 7.13. The van der Waals surface area contributed by atoms with Crippen molar-refractivity contribution >= 4 is 5.97 Å². The second-order valence-corrected chi connectivity index (χ2v) is 10.5. The molecule has 0 spiro atoms. The zero-order valence-corrected chi connectivity index (χ0v) is 19.0. The minimum atomic E-state index is -0.904. The molecule has 158 valence electrons. The molecular weight excluding hydrogens is 360 g/mol. The number of ether oxygens (including phenoxy) is 1. The van der Waals surface area contributed by atoms with Gasteiger partial charge in [-0.3, -0.25) is 0 Å². The van der Waals surface area contributed by atoms with Gasteiger partial charge in [-0.15, -0.1) is 0 Å². The normalized spacial score (nSPS) is 30.2. The molecule has 0 bridgehead atoms. The van der Waals surface area contributed by atoms with Crippen molar-refractivity contribution in [3.05, 3.63) is 58.7 Å². The highest BCUT2D eigenvalue weighted by molar-refractivity contribution is 5.81. The van der Waals surface area contributed by atoms with Crippen LogP contribution in [0.1, 0.15) is 71.1 Å². The topological polar surface area (TPSA) is 46.5 Å². The average molecular weight is 397 g/mol. The van der Waals surface area contributed by atoms with Crippen LogP contribution < -0.4 is 0 Å². The van der Waals surface area contributed by atoms with Crippen molar-refractivity contribution in [1.82, 2.24) is 0 Å². The fraction of sp³-hybridized carbons (Fsp3) is 0.577. The van der Waals surface area contributed by atoms with Crippen molar-refractivity contribution < 1.29 is 14.6 Å². The highest BCUT2D eigenvalue weighted by atomic mass is 16.5. The molecule has 0 aromatic heterocycles. The van der Waals surface area contributed by atoms with Crippen LogP contribution >= 0.6 is 0 Å². The number of aliphatic carboxylic acids is 1. The van der Waals surface area contributed by atoms with Crippen LogP contribution in [0.3, 0.4) is 0 Å². The number of carbonyl (C=O) groups is 1. The molecule has 1 aromatic rings. The lowest BCUT2D eigenvalue weighted by atomic mass is 9.62. The van der Waals surface area contributed by atoms with Crippen LogP contribution in [0.15, 0.2) is 42.0 Å². The summed E-state index contributed by atoms with van der Waals surface area (Å²) in [6.45, 7) is 14.3. The molecule has 3 heteroatoms.